The molecule has 0 aliphatic carbocycles. The second kappa shape index (κ2) is 9.24. The van der Waals surface area contributed by atoms with Crippen LogP contribution < -0.4 is 14.8 Å². The normalized spacial score (nSPS) is 11.1. The number of nitriles is 1. The van der Waals surface area contributed by atoms with E-state index in [0.717, 1.165) is 11.3 Å². The minimum atomic E-state index is -0.693. The first-order valence-corrected chi connectivity index (χ1v) is 8.88. The lowest BCUT2D eigenvalue weighted by Gasteiger charge is -2.15. The summed E-state index contributed by atoms with van der Waals surface area (Å²) < 4.78 is 11.4. The van der Waals surface area contributed by atoms with E-state index in [1.807, 2.05) is 36.4 Å². The van der Waals surface area contributed by atoms with E-state index in [0.29, 0.717) is 23.6 Å². The van der Waals surface area contributed by atoms with Gasteiger partial charge in [0.15, 0.2) is 6.10 Å². The van der Waals surface area contributed by atoms with Gasteiger partial charge in [-0.15, -0.1) is 0 Å². The van der Waals surface area contributed by atoms with Crippen LogP contribution in [0.15, 0.2) is 78.9 Å². The highest BCUT2D eigenvalue weighted by atomic mass is 16.5. The Labute approximate surface area is 164 Å². The van der Waals surface area contributed by atoms with Crippen LogP contribution in [0.4, 0.5) is 5.69 Å². The number of hydrogen-bond donors (Lipinski definition) is 1. The van der Waals surface area contributed by atoms with Crippen LogP contribution >= 0.6 is 0 Å². The quantitative estimate of drug-likeness (QED) is 0.661. The summed E-state index contributed by atoms with van der Waals surface area (Å²) in [5.74, 6) is 1.00. The molecule has 0 radical (unpaired) electrons. The lowest BCUT2D eigenvalue weighted by atomic mass is 10.2. The molecule has 3 rings (SSSR count). The molecule has 0 saturated carbocycles. The van der Waals surface area contributed by atoms with Crippen molar-refractivity contribution in [3.05, 3.63) is 90.0 Å². The number of ether oxygens (including phenoxy) is 2. The third kappa shape index (κ3) is 5.36. The van der Waals surface area contributed by atoms with E-state index in [9.17, 15) is 4.79 Å². The summed E-state index contributed by atoms with van der Waals surface area (Å²) in [7, 11) is 0. The minimum absolute atomic E-state index is 0.292. The highest BCUT2D eigenvalue weighted by molar-refractivity contribution is 5.94. The maximum atomic E-state index is 12.3. The van der Waals surface area contributed by atoms with Crippen molar-refractivity contribution in [1.82, 2.24) is 0 Å². The van der Waals surface area contributed by atoms with E-state index >= 15 is 0 Å². The highest BCUT2D eigenvalue weighted by Gasteiger charge is 2.15. The Morgan fingerprint density at radius 1 is 1.00 bits per heavy atom. The van der Waals surface area contributed by atoms with Crippen LogP contribution in [0, 0.1) is 11.3 Å². The third-order valence-corrected chi connectivity index (χ3v) is 4.01. The molecule has 3 aromatic carbocycles. The van der Waals surface area contributed by atoms with Crippen LogP contribution in [0.1, 0.15) is 18.1 Å². The standard InChI is InChI=1S/C23H20N2O3/c1-17(23(26)25-20-9-5-8-19(14-20)15-24)28-22-12-10-21(11-13-22)27-16-18-6-3-2-4-7-18/h2-14,17H,16H2,1H3,(H,25,26)/t17-/m1/s1. The van der Waals surface area contributed by atoms with Crippen molar-refractivity contribution in [1.29, 1.82) is 5.26 Å². The van der Waals surface area contributed by atoms with Crippen molar-refractivity contribution in [2.75, 3.05) is 5.32 Å². The van der Waals surface area contributed by atoms with Crippen molar-refractivity contribution >= 4 is 11.6 Å². The van der Waals surface area contributed by atoms with Crippen molar-refractivity contribution in [2.24, 2.45) is 0 Å². The van der Waals surface area contributed by atoms with Crippen LogP contribution in [0.5, 0.6) is 11.5 Å². The molecule has 1 amide bonds. The zero-order valence-electron chi connectivity index (χ0n) is 15.5. The van der Waals surface area contributed by atoms with Crippen LogP contribution in [0.3, 0.4) is 0 Å². The molecule has 3 aromatic rings. The van der Waals surface area contributed by atoms with E-state index in [-0.39, 0.29) is 5.91 Å². The summed E-state index contributed by atoms with van der Waals surface area (Å²) in [5, 5.41) is 11.7. The van der Waals surface area contributed by atoms with Crippen LogP contribution in [-0.4, -0.2) is 12.0 Å². The lowest BCUT2D eigenvalue weighted by Crippen LogP contribution is -2.30. The van der Waals surface area contributed by atoms with Crippen molar-refractivity contribution in [2.45, 2.75) is 19.6 Å². The van der Waals surface area contributed by atoms with Gasteiger partial charge in [0, 0.05) is 5.69 Å². The van der Waals surface area contributed by atoms with E-state index in [4.69, 9.17) is 14.7 Å². The monoisotopic (exact) mass is 372 g/mol. The van der Waals surface area contributed by atoms with Crippen LogP contribution in [0.25, 0.3) is 0 Å². The van der Waals surface area contributed by atoms with Crippen LogP contribution in [0.2, 0.25) is 0 Å². The third-order valence-electron chi connectivity index (χ3n) is 4.01. The zero-order chi connectivity index (χ0) is 19.8. The Balaban J connectivity index is 1.52. The summed E-state index contributed by atoms with van der Waals surface area (Å²) in [6, 6.07) is 25.8. The first kappa shape index (κ1) is 19.0. The number of rotatable bonds is 7. The molecule has 0 heterocycles. The van der Waals surface area contributed by atoms with E-state index in [1.165, 1.54) is 0 Å². The van der Waals surface area contributed by atoms with Gasteiger partial charge < -0.3 is 14.8 Å². The number of nitrogens with zero attached hydrogens (tertiary/aromatic N) is 1. The second-order valence-electron chi connectivity index (χ2n) is 6.19. The average molecular weight is 372 g/mol. The molecule has 5 heteroatoms. The molecule has 0 bridgehead atoms. The minimum Gasteiger partial charge on any atom is -0.489 e. The second-order valence-corrected chi connectivity index (χ2v) is 6.19. The van der Waals surface area contributed by atoms with Gasteiger partial charge >= 0.3 is 0 Å². The summed E-state index contributed by atoms with van der Waals surface area (Å²) >= 11 is 0. The number of benzene rings is 3. The molecule has 0 spiro atoms. The van der Waals surface area contributed by atoms with Gasteiger partial charge in [0.05, 0.1) is 11.6 Å². The Hall–Kier alpha value is -3.78. The van der Waals surface area contributed by atoms with Crippen molar-refractivity contribution in [3.8, 4) is 17.6 Å². The molecule has 28 heavy (non-hydrogen) atoms. The van der Waals surface area contributed by atoms with Gasteiger partial charge in [0.2, 0.25) is 0 Å². The van der Waals surface area contributed by atoms with E-state index < -0.39 is 6.10 Å². The van der Waals surface area contributed by atoms with Crippen LogP contribution in [-0.2, 0) is 11.4 Å². The van der Waals surface area contributed by atoms with Gasteiger partial charge in [-0.05, 0) is 55.0 Å². The SMILES string of the molecule is C[C@@H](Oc1ccc(OCc2ccccc2)cc1)C(=O)Nc1cccc(C#N)c1. The van der Waals surface area contributed by atoms with Gasteiger partial charge in [-0.1, -0.05) is 36.4 Å². The number of nitrogens with one attached hydrogen (secondary N) is 1. The molecule has 1 N–H and O–H groups in total. The molecule has 0 aliphatic heterocycles. The number of hydrogen-bond acceptors (Lipinski definition) is 4. The van der Waals surface area contributed by atoms with Crippen molar-refractivity contribution in [3.63, 3.8) is 0 Å². The molecule has 140 valence electrons. The predicted molar refractivity (Wildman–Crippen MR) is 107 cm³/mol. The van der Waals surface area contributed by atoms with Gasteiger partial charge in [0.1, 0.15) is 18.1 Å². The molecule has 0 fully saturated rings. The maximum Gasteiger partial charge on any atom is 0.265 e. The Morgan fingerprint density at radius 2 is 1.71 bits per heavy atom. The van der Waals surface area contributed by atoms with Gasteiger partial charge in [0.25, 0.3) is 5.91 Å². The molecule has 0 aromatic heterocycles. The summed E-state index contributed by atoms with van der Waals surface area (Å²) in [6.45, 7) is 2.16. The molecular formula is C23H20N2O3. The van der Waals surface area contributed by atoms with E-state index in [1.54, 1.807) is 55.5 Å². The Kier molecular flexibility index (Phi) is 6.27. The molecule has 0 unspecified atom stereocenters. The largest absolute Gasteiger partial charge is 0.489 e. The fourth-order valence-electron chi connectivity index (χ4n) is 2.52. The molecule has 5 nitrogen and oxygen atoms in total. The summed E-state index contributed by atoms with van der Waals surface area (Å²) in [6.07, 6.45) is -0.693. The Morgan fingerprint density at radius 3 is 2.43 bits per heavy atom. The smallest absolute Gasteiger partial charge is 0.265 e. The highest BCUT2D eigenvalue weighted by Crippen LogP contribution is 2.20. The lowest BCUT2D eigenvalue weighted by molar-refractivity contribution is -0.122. The van der Waals surface area contributed by atoms with Gasteiger partial charge in [-0.2, -0.15) is 5.26 Å². The van der Waals surface area contributed by atoms with Gasteiger partial charge in [-0.3, -0.25) is 4.79 Å². The first-order valence-electron chi connectivity index (χ1n) is 8.88. The molecule has 1 atom stereocenters. The number of anilines is 1. The summed E-state index contributed by atoms with van der Waals surface area (Å²) in [4.78, 5) is 12.3. The zero-order valence-corrected chi connectivity index (χ0v) is 15.5. The predicted octanol–water partition coefficient (Wildman–Crippen LogP) is 4.54. The van der Waals surface area contributed by atoms with E-state index in [2.05, 4.69) is 5.32 Å². The Bertz CT molecular complexity index is 963. The van der Waals surface area contributed by atoms with Crippen molar-refractivity contribution < 1.29 is 14.3 Å². The number of carbonyl (C=O) groups excluding carboxylic acids is 1. The number of carbonyl (C=O) groups is 1. The fraction of sp³-hybridized carbons (Fsp3) is 0.130. The molecule has 0 aliphatic rings. The number of amides is 1. The van der Waals surface area contributed by atoms with Gasteiger partial charge in [-0.25, -0.2) is 0 Å². The topological polar surface area (TPSA) is 71.3 Å². The molecular weight excluding hydrogens is 352 g/mol. The fourth-order valence-corrected chi connectivity index (χ4v) is 2.52. The molecule has 0 saturated heterocycles. The average Bonchev–Trinajstić information content (AvgIpc) is 2.74. The summed E-state index contributed by atoms with van der Waals surface area (Å²) in [5.41, 5.74) is 2.13. The maximum absolute atomic E-state index is 12.3. The first-order chi connectivity index (χ1) is 13.6.